The molecule has 0 aliphatic carbocycles. The summed E-state index contributed by atoms with van der Waals surface area (Å²) in [6.45, 7) is 0. The number of hydrogen-bond donors (Lipinski definition) is 0. The fraction of sp³-hybridized carbons (Fsp3) is 0.200. The van der Waals surface area contributed by atoms with Gasteiger partial charge in [-0.3, -0.25) is 0 Å². The number of aromatic nitrogens is 4. The van der Waals surface area contributed by atoms with Gasteiger partial charge < -0.3 is 4.42 Å². The predicted molar refractivity (Wildman–Crippen MR) is 45.0 cm³/mol. The Balaban J connectivity index is 2.35. The number of nitrogens with zero attached hydrogens (tertiary/aromatic N) is 4. The molecule has 0 radical (unpaired) electrons. The Bertz CT molecular complexity index is 357. The second-order valence-corrected chi connectivity index (χ2v) is 3.23. The van der Waals surface area contributed by atoms with Crippen LogP contribution in [0.5, 0.6) is 0 Å². The van der Waals surface area contributed by atoms with Gasteiger partial charge in [0.05, 0.1) is 0 Å². The minimum Gasteiger partial charge on any atom is -0.410 e. The van der Waals surface area contributed by atoms with E-state index in [9.17, 15) is 0 Å². The first kappa shape index (κ1) is 7.69. The highest BCUT2D eigenvalue weighted by molar-refractivity contribution is 7.98. The Morgan fingerprint density at radius 2 is 2.33 bits per heavy atom. The number of thioether (sulfide) groups is 1. The lowest BCUT2D eigenvalue weighted by molar-refractivity contribution is 0.465. The van der Waals surface area contributed by atoms with E-state index in [0.29, 0.717) is 16.8 Å². The molecule has 0 saturated heterocycles. The largest absolute Gasteiger partial charge is 0.410 e. The van der Waals surface area contributed by atoms with Gasteiger partial charge in [0.15, 0.2) is 5.69 Å². The second kappa shape index (κ2) is 3.20. The van der Waals surface area contributed by atoms with E-state index in [0.717, 1.165) is 0 Å². The molecule has 2 rings (SSSR count). The zero-order valence-corrected chi connectivity index (χ0v) is 7.72. The van der Waals surface area contributed by atoms with E-state index >= 15 is 0 Å². The average Bonchev–Trinajstić information content (AvgIpc) is 2.75. The summed E-state index contributed by atoms with van der Waals surface area (Å²) in [6.07, 6.45) is 1.87. The monoisotopic (exact) mass is 200 g/mol. The van der Waals surface area contributed by atoms with Crippen molar-refractivity contribution in [2.24, 2.45) is 0 Å². The summed E-state index contributed by atoms with van der Waals surface area (Å²) in [4.78, 5) is 0. The molecule has 2 aromatic heterocycles. The van der Waals surface area contributed by atoms with Crippen LogP contribution in [0.15, 0.2) is 15.0 Å². The van der Waals surface area contributed by atoms with Crippen molar-refractivity contribution in [2.45, 2.75) is 5.22 Å². The van der Waals surface area contributed by atoms with Crippen molar-refractivity contribution in [3.63, 3.8) is 0 Å². The van der Waals surface area contributed by atoms with Crippen LogP contribution in [-0.2, 0) is 0 Å². The molecule has 0 aromatic carbocycles. The molecule has 0 aliphatic rings. The van der Waals surface area contributed by atoms with Gasteiger partial charge in [-0.15, -0.1) is 15.3 Å². The maximum atomic E-state index is 5.22. The molecule has 0 unspecified atom stereocenters. The molecule has 2 heterocycles. The molecule has 0 spiro atoms. The van der Waals surface area contributed by atoms with Crippen LogP contribution in [0.2, 0.25) is 0 Å². The smallest absolute Gasteiger partial charge is 0.276 e. The van der Waals surface area contributed by atoms with E-state index in [-0.39, 0.29) is 0 Å². The zero-order chi connectivity index (χ0) is 8.39. The molecule has 12 heavy (non-hydrogen) atoms. The molecular weight excluding hydrogens is 196 g/mol. The maximum absolute atomic E-state index is 5.22. The standard InChI is InChI=1S/C5H4N4OS2/c1-11-5-8-7-4(10-5)3-2-12-9-6-3/h2H,1H3. The minimum atomic E-state index is 0.424. The van der Waals surface area contributed by atoms with E-state index in [1.165, 1.54) is 23.3 Å². The fourth-order valence-electron chi connectivity index (χ4n) is 0.654. The molecule has 7 heteroatoms. The van der Waals surface area contributed by atoms with Gasteiger partial charge in [0.25, 0.3) is 11.1 Å². The summed E-state index contributed by atoms with van der Waals surface area (Å²) < 4.78 is 8.91. The first-order valence-electron chi connectivity index (χ1n) is 3.05. The van der Waals surface area contributed by atoms with Gasteiger partial charge in [0, 0.05) is 5.38 Å². The van der Waals surface area contributed by atoms with E-state index in [2.05, 4.69) is 19.8 Å². The van der Waals surface area contributed by atoms with E-state index in [1.807, 2.05) is 6.26 Å². The Kier molecular flexibility index (Phi) is 2.05. The SMILES string of the molecule is CSc1nnc(-c2csnn2)o1. The third-order valence-electron chi connectivity index (χ3n) is 1.16. The van der Waals surface area contributed by atoms with Crippen LogP contribution in [-0.4, -0.2) is 26.0 Å². The molecule has 62 valence electrons. The van der Waals surface area contributed by atoms with Crippen LogP contribution in [0, 0.1) is 0 Å². The van der Waals surface area contributed by atoms with E-state index in [1.54, 1.807) is 5.38 Å². The van der Waals surface area contributed by atoms with Gasteiger partial charge in [-0.25, -0.2) is 0 Å². The van der Waals surface area contributed by atoms with Gasteiger partial charge >= 0.3 is 0 Å². The lowest BCUT2D eigenvalue weighted by Crippen LogP contribution is -1.76. The first-order chi connectivity index (χ1) is 5.90. The predicted octanol–water partition coefficient (Wildman–Crippen LogP) is 1.31. The minimum absolute atomic E-state index is 0.424. The summed E-state index contributed by atoms with van der Waals surface area (Å²) in [6, 6.07) is 0. The molecule has 0 saturated carbocycles. The highest BCUT2D eigenvalue weighted by Crippen LogP contribution is 2.19. The molecule has 0 aliphatic heterocycles. The summed E-state index contributed by atoms with van der Waals surface area (Å²) in [5.74, 6) is 0.424. The van der Waals surface area contributed by atoms with Crippen molar-refractivity contribution >= 4 is 23.3 Å². The Hall–Kier alpha value is -0.950. The molecule has 5 nitrogen and oxygen atoms in total. The molecule has 0 bridgehead atoms. The van der Waals surface area contributed by atoms with Crippen LogP contribution in [0.25, 0.3) is 11.6 Å². The van der Waals surface area contributed by atoms with Crippen LogP contribution >= 0.6 is 23.3 Å². The quantitative estimate of drug-likeness (QED) is 0.681. The molecule has 2 aromatic rings. The molecule has 0 amide bonds. The highest BCUT2D eigenvalue weighted by atomic mass is 32.2. The average molecular weight is 200 g/mol. The van der Waals surface area contributed by atoms with Crippen molar-refractivity contribution in [2.75, 3.05) is 6.26 Å². The van der Waals surface area contributed by atoms with Crippen LogP contribution in [0.3, 0.4) is 0 Å². The Morgan fingerprint density at radius 1 is 1.42 bits per heavy atom. The molecule has 0 fully saturated rings. The van der Waals surface area contributed by atoms with Crippen molar-refractivity contribution in [1.82, 2.24) is 19.8 Å². The summed E-state index contributed by atoms with van der Waals surface area (Å²) >= 11 is 2.66. The van der Waals surface area contributed by atoms with Gasteiger partial charge in [0.2, 0.25) is 0 Å². The lowest BCUT2D eigenvalue weighted by Gasteiger charge is -1.82. The fourth-order valence-corrected chi connectivity index (χ4v) is 1.37. The Labute approximate surface area is 76.4 Å². The van der Waals surface area contributed by atoms with Crippen molar-refractivity contribution in [3.05, 3.63) is 5.38 Å². The van der Waals surface area contributed by atoms with Gasteiger partial charge in [-0.1, -0.05) is 16.3 Å². The maximum Gasteiger partial charge on any atom is 0.276 e. The molecular formula is C5H4N4OS2. The van der Waals surface area contributed by atoms with Crippen LogP contribution in [0.4, 0.5) is 0 Å². The van der Waals surface area contributed by atoms with Gasteiger partial charge in [-0.2, -0.15) is 0 Å². The second-order valence-electron chi connectivity index (χ2n) is 1.87. The van der Waals surface area contributed by atoms with Crippen molar-refractivity contribution < 1.29 is 4.42 Å². The summed E-state index contributed by atoms with van der Waals surface area (Å²) in [7, 11) is 0. The van der Waals surface area contributed by atoms with Crippen molar-refractivity contribution in [3.8, 4) is 11.6 Å². The molecule has 0 atom stereocenters. The van der Waals surface area contributed by atoms with Crippen molar-refractivity contribution in [1.29, 1.82) is 0 Å². The normalized spacial score (nSPS) is 10.4. The highest BCUT2D eigenvalue weighted by Gasteiger charge is 2.09. The van der Waals surface area contributed by atoms with Crippen LogP contribution < -0.4 is 0 Å². The third-order valence-corrected chi connectivity index (χ3v) is 2.18. The van der Waals surface area contributed by atoms with Gasteiger partial charge in [0.1, 0.15) is 0 Å². The zero-order valence-electron chi connectivity index (χ0n) is 6.09. The van der Waals surface area contributed by atoms with Crippen LogP contribution in [0.1, 0.15) is 0 Å². The summed E-state index contributed by atoms with van der Waals surface area (Å²) in [5.41, 5.74) is 0.632. The topological polar surface area (TPSA) is 64.7 Å². The summed E-state index contributed by atoms with van der Waals surface area (Å²) in [5, 5.41) is 13.7. The van der Waals surface area contributed by atoms with Gasteiger partial charge in [-0.05, 0) is 17.8 Å². The number of rotatable bonds is 2. The van der Waals surface area contributed by atoms with E-state index < -0.39 is 0 Å². The number of hydrogen-bond acceptors (Lipinski definition) is 7. The lowest BCUT2D eigenvalue weighted by atomic mass is 10.5. The Morgan fingerprint density at radius 3 is 2.92 bits per heavy atom. The first-order valence-corrected chi connectivity index (χ1v) is 5.11. The third kappa shape index (κ3) is 1.32. The molecule has 0 N–H and O–H groups in total. The van der Waals surface area contributed by atoms with E-state index in [4.69, 9.17) is 4.42 Å².